The van der Waals surface area contributed by atoms with Gasteiger partial charge in [0.1, 0.15) is 0 Å². The number of aliphatic hydroxyl groups excluding tert-OH is 1. The highest BCUT2D eigenvalue weighted by molar-refractivity contribution is 6.03. The number of carbonyl (C=O) groups is 2. The first-order valence-electron chi connectivity index (χ1n) is 10.7. The highest BCUT2D eigenvalue weighted by Gasteiger charge is 2.55. The molecule has 0 bridgehead atoms. The lowest BCUT2D eigenvalue weighted by molar-refractivity contribution is -0.149. The van der Waals surface area contributed by atoms with Crippen LogP contribution in [0.5, 0.6) is 0 Å². The Labute approximate surface area is 186 Å². The lowest BCUT2D eigenvalue weighted by Crippen LogP contribution is -2.71. The number of aromatic nitrogens is 1. The van der Waals surface area contributed by atoms with Crippen molar-refractivity contribution >= 4 is 23.3 Å². The van der Waals surface area contributed by atoms with E-state index in [0.717, 1.165) is 11.3 Å². The van der Waals surface area contributed by atoms with E-state index in [1.54, 1.807) is 16.0 Å². The molecule has 3 amide bonds. The van der Waals surface area contributed by atoms with E-state index in [-0.39, 0.29) is 43.0 Å². The Morgan fingerprint density at radius 2 is 1.75 bits per heavy atom. The fourth-order valence-corrected chi connectivity index (χ4v) is 4.89. The summed E-state index contributed by atoms with van der Waals surface area (Å²) in [6.07, 6.45) is 1.83. The molecule has 7 nitrogen and oxygen atoms in total. The van der Waals surface area contributed by atoms with Gasteiger partial charge in [-0.2, -0.15) is 0 Å². The topological polar surface area (TPSA) is 85.8 Å². The third kappa shape index (κ3) is 3.50. The van der Waals surface area contributed by atoms with Crippen molar-refractivity contribution in [2.24, 2.45) is 0 Å². The zero-order valence-electron chi connectivity index (χ0n) is 17.5. The van der Waals surface area contributed by atoms with E-state index in [4.69, 9.17) is 0 Å². The fourth-order valence-electron chi connectivity index (χ4n) is 4.89. The van der Waals surface area contributed by atoms with Crippen LogP contribution in [0.2, 0.25) is 0 Å². The highest BCUT2D eigenvalue weighted by Crippen LogP contribution is 2.48. The van der Waals surface area contributed by atoms with E-state index < -0.39 is 0 Å². The summed E-state index contributed by atoms with van der Waals surface area (Å²) >= 11 is 0. The van der Waals surface area contributed by atoms with Crippen LogP contribution in [0.15, 0.2) is 79.0 Å². The maximum absolute atomic E-state index is 13.2. The minimum atomic E-state index is -0.309. The number of fused-ring (bicyclic) bond motifs is 3. The molecular weight excluding hydrogens is 404 g/mol. The molecule has 32 heavy (non-hydrogen) atoms. The molecule has 0 unspecified atom stereocenters. The molecule has 3 aromatic rings. The number of hydrogen-bond acceptors (Lipinski definition) is 4. The summed E-state index contributed by atoms with van der Waals surface area (Å²) in [6.45, 7) is 0.241. The van der Waals surface area contributed by atoms with Crippen molar-refractivity contribution in [2.75, 3.05) is 23.4 Å². The molecule has 2 aromatic carbocycles. The van der Waals surface area contributed by atoms with E-state index in [2.05, 4.69) is 10.3 Å². The van der Waals surface area contributed by atoms with Crippen LogP contribution >= 0.6 is 0 Å². The first-order valence-corrected chi connectivity index (χ1v) is 10.7. The first-order chi connectivity index (χ1) is 15.7. The molecule has 2 N–H and O–H groups in total. The Kier molecular flexibility index (Phi) is 5.33. The molecule has 0 saturated carbocycles. The maximum atomic E-state index is 13.2. The Hall–Kier alpha value is -3.71. The minimum Gasteiger partial charge on any atom is -0.394 e. The standard InChI is InChI=1S/C25H24N4O3/c30-16-22-24-19-11-4-5-12-20(19)28(25(32)27-17-8-2-1-3-9-17)15-21(24)29(22)23(31)14-18-10-6-7-13-26-18/h1-13,21-22,24,30H,14-16H2,(H,27,32)/t21-,22-,24+/m0/s1. The number of amides is 3. The molecule has 3 heterocycles. The van der Waals surface area contributed by atoms with Crippen LogP contribution in [-0.4, -0.2) is 52.2 Å². The van der Waals surface area contributed by atoms with Gasteiger partial charge in [0.25, 0.3) is 0 Å². The van der Waals surface area contributed by atoms with Crippen LogP contribution in [0.25, 0.3) is 0 Å². The van der Waals surface area contributed by atoms with Gasteiger partial charge in [0.15, 0.2) is 0 Å². The molecule has 5 rings (SSSR count). The molecule has 3 atom stereocenters. The van der Waals surface area contributed by atoms with E-state index in [1.165, 1.54) is 0 Å². The van der Waals surface area contributed by atoms with Crippen LogP contribution in [0.1, 0.15) is 17.2 Å². The summed E-state index contributed by atoms with van der Waals surface area (Å²) < 4.78 is 0. The molecule has 1 saturated heterocycles. The third-order valence-corrected chi connectivity index (χ3v) is 6.30. The third-order valence-electron chi connectivity index (χ3n) is 6.30. The van der Waals surface area contributed by atoms with Gasteiger partial charge in [-0.05, 0) is 35.9 Å². The van der Waals surface area contributed by atoms with Crippen molar-refractivity contribution < 1.29 is 14.7 Å². The average molecular weight is 428 g/mol. The molecule has 0 spiro atoms. The monoisotopic (exact) mass is 428 g/mol. The fraction of sp³-hybridized carbons (Fsp3) is 0.240. The van der Waals surface area contributed by atoms with E-state index in [0.29, 0.717) is 17.9 Å². The van der Waals surface area contributed by atoms with Crippen molar-refractivity contribution in [3.05, 3.63) is 90.3 Å². The molecule has 2 aliphatic rings. The zero-order chi connectivity index (χ0) is 22.1. The molecule has 1 fully saturated rings. The van der Waals surface area contributed by atoms with Crippen LogP contribution in [0.4, 0.5) is 16.2 Å². The normalized spacial score (nSPS) is 21.2. The number of benzene rings is 2. The quantitative estimate of drug-likeness (QED) is 0.669. The first kappa shape index (κ1) is 20.2. The number of anilines is 2. The van der Waals surface area contributed by atoms with Gasteiger partial charge in [0.2, 0.25) is 5.91 Å². The average Bonchev–Trinajstić information content (AvgIpc) is 2.80. The van der Waals surface area contributed by atoms with Gasteiger partial charge >= 0.3 is 6.03 Å². The summed E-state index contributed by atoms with van der Waals surface area (Å²) in [6, 6.07) is 21.8. The second-order valence-electron chi connectivity index (χ2n) is 8.11. The van der Waals surface area contributed by atoms with Crippen molar-refractivity contribution in [2.45, 2.75) is 24.4 Å². The second kappa shape index (κ2) is 8.43. The highest BCUT2D eigenvalue weighted by atomic mass is 16.3. The number of urea groups is 1. The summed E-state index contributed by atoms with van der Waals surface area (Å²) in [5, 5.41) is 13.0. The van der Waals surface area contributed by atoms with E-state index in [9.17, 15) is 14.7 Å². The van der Waals surface area contributed by atoms with Gasteiger partial charge in [-0.3, -0.25) is 14.7 Å². The number of hydrogen-bond donors (Lipinski definition) is 2. The van der Waals surface area contributed by atoms with Gasteiger partial charge in [-0.15, -0.1) is 0 Å². The maximum Gasteiger partial charge on any atom is 0.326 e. The Morgan fingerprint density at radius 3 is 2.50 bits per heavy atom. The molecule has 162 valence electrons. The Morgan fingerprint density at radius 1 is 1.00 bits per heavy atom. The number of para-hydroxylation sites is 2. The molecule has 2 aliphatic heterocycles. The number of nitrogens with one attached hydrogen (secondary N) is 1. The Bertz CT molecular complexity index is 1120. The van der Waals surface area contributed by atoms with Crippen molar-refractivity contribution in [3.8, 4) is 0 Å². The number of rotatable bonds is 4. The lowest BCUT2D eigenvalue weighted by atomic mass is 9.71. The number of likely N-dealkylation sites (tertiary alicyclic amines) is 1. The summed E-state index contributed by atoms with van der Waals surface area (Å²) in [4.78, 5) is 34.0. The molecule has 1 aromatic heterocycles. The van der Waals surface area contributed by atoms with Crippen LogP contribution in [0.3, 0.4) is 0 Å². The molecule has 0 radical (unpaired) electrons. The number of carbonyl (C=O) groups excluding carboxylic acids is 2. The number of pyridine rings is 1. The number of aliphatic hydroxyl groups is 1. The van der Waals surface area contributed by atoms with Crippen molar-refractivity contribution in [1.29, 1.82) is 0 Å². The summed E-state index contributed by atoms with van der Waals surface area (Å²) in [5.74, 6) is -0.101. The van der Waals surface area contributed by atoms with Gasteiger partial charge in [-0.1, -0.05) is 42.5 Å². The number of nitrogens with zero attached hydrogens (tertiary/aromatic N) is 3. The van der Waals surface area contributed by atoms with Crippen LogP contribution in [-0.2, 0) is 11.2 Å². The van der Waals surface area contributed by atoms with Crippen LogP contribution in [0, 0.1) is 0 Å². The SMILES string of the molecule is O=C(Nc1ccccc1)N1C[C@H]2[C@@H](c3ccccc31)[C@H](CO)N2C(=O)Cc1ccccn1. The van der Waals surface area contributed by atoms with Gasteiger partial charge in [0.05, 0.1) is 25.1 Å². The molecular formula is C25H24N4O3. The lowest BCUT2D eigenvalue weighted by Gasteiger charge is -2.58. The van der Waals surface area contributed by atoms with Gasteiger partial charge in [-0.25, -0.2) is 4.79 Å². The summed E-state index contributed by atoms with van der Waals surface area (Å²) in [5.41, 5.74) is 3.19. The van der Waals surface area contributed by atoms with Gasteiger partial charge in [0, 0.05) is 35.7 Å². The molecule has 7 heteroatoms. The van der Waals surface area contributed by atoms with Crippen LogP contribution < -0.4 is 10.2 Å². The predicted octanol–water partition coefficient (Wildman–Crippen LogP) is 3.03. The van der Waals surface area contributed by atoms with E-state index >= 15 is 0 Å². The van der Waals surface area contributed by atoms with Crippen molar-refractivity contribution in [3.63, 3.8) is 0 Å². The van der Waals surface area contributed by atoms with Crippen molar-refractivity contribution in [1.82, 2.24) is 9.88 Å². The second-order valence-corrected chi connectivity index (χ2v) is 8.11. The smallest absolute Gasteiger partial charge is 0.326 e. The molecule has 0 aliphatic carbocycles. The van der Waals surface area contributed by atoms with Gasteiger partial charge < -0.3 is 15.3 Å². The van der Waals surface area contributed by atoms with E-state index in [1.807, 2.05) is 72.8 Å². The largest absolute Gasteiger partial charge is 0.394 e. The summed E-state index contributed by atoms with van der Waals surface area (Å²) in [7, 11) is 0. The Balaban J connectivity index is 1.43. The predicted molar refractivity (Wildman–Crippen MR) is 121 cm³/mol. The minimum absolute atomic E-state index is 0.00958. The zero-order valence-corrected chi connectivity index (χ0v) is 17.5.